The van der Waals surface area contributed by atoms with Gasteiger partial charge >= 0.3 is 6.18 Å². The van der Waals surface area contributed by atoms with Gasteiger partial charge in [-0.15, -0.1) is 0 Å². The van der Waals surface area contributed by atoms with E-state index in [1.165, 1.54) is 16.7 Å². The highest BCUT2D eigenvalue weighted by Gasteiger charge is 2.30. The van der Waals surface area contributed by atoms with Gasteiger partial charge in [0.15, 0.2) is 11.2 Å². The largest absolute Gasteiger partial charge is 0.416 e. The zero-order valence-corrected chi connectivity index (χ0v) is 19.9. The van der Waals surface area contributed by atoms with Crippen molar-refractivity contribution in [1.82, 2.24) is 19.1 Å². The minimum Gasteiger partial charge on any atom is -0.348 e. The van der Waals surface area contributed by atoms with Gasteiger partial charge in [0, 0.05) is 24.7 Å². The smallest absolute Gasteiger partial charge is 0.348 e. The Kier molecular flexibility index (Phi) is 5.80. The van der Waals surface area contributed by atoms with Gasteiger partial charge in [-0.05, 0) is 48.5 Å². The number of fused-ring (bicyclic) bond motifs is 1. The Bertz CT molecular complexity index is 1610. The lowest BCUT2D eigenvalue weighted by Crippen LogP contribution is -2.22. The Labute approximate surface area is 208 Å². The quantitative estimate of drug-likeness (QED) is 0.299. The number of anilines is 1. The van der Waals surface area contributed by atoms with E-state index in [-0.39, 0.29) is 17.0 Å². The Hall–Kier alpha value is -4.11. The number of alkyl halides is 3. The molecular formula is C26H19ClF3N5O. The van der Waals surface area contributed by atoms with Crippen LogP contribution in [0.15, 0.2) is 83.7 Å². The van der Waals surface area contributed by atoms with Crippen LogP contribution >= 0.6 is 11.6 Å². The maximum Gasteiger partial charge on any atom is 0.416 e. The SMILES string of the molecule is CN(C)c1nc2c(=O)n(-c3ccc(Cl)cc3)c(-c3ccc(C(F)(F)F)cc3)nc2n1-c1ccccc1. The third-order valence-corrected chi connectivity index (χ3v) is 5.89. The fraction of sp³-hybridized carbons (Fsp3) is 0.115. The molecule has 5 rings (SSSR count). The molecule has 0 radical (unpaired) electrons. The summed E-state index contributed by atoms with van der Waals surface area (Å²) >= 11 is 6.05. The molecule has 182 valence electrons. The standard InChI is InChI=1S/C26H19ClF3N5O/c1-33(2)25-31-21-23(35(25)19-6-4-3-5-7-19)32-22(16-8-10-17(11-9-16)26(28,29)30)34(24(21)36)20-14-12-18(27)13-15-20/h3-15H,1-2H3. The summed E-state index contributed by atoms with van der Waals surface area (Å²) < 4.78 is 42.7. The molecule has 36 heavy (non-hydrogen) atoms. The van der Waals surface area contributed by atoms with E-state index in [9.17, 15) is 18.0 Å². The summed E-state index contributed by atoms with van der Waals surface area (Å²) in [5.41, 5.74) is 0.673. The van der Waals surface area contributed by atoms with Crippen LogP contribution < -0.4 is 10.5 Å². The molecule has 0 fully saturated rings. The molecule has 5 aromatic rings. The van der Waals surface area contributed by atoms with E-state index in [0.717, 1.165) is 17.8 Å². The first kappa shape index (κ1) is 23.6. The van der Waals surface area contributed by atoms with E-state index in [1.54, 1.807) is 47.8 Å². The highest BCUT2D eigenvalue weighted by atomic mass is 35.5. The summed E-state index contributed by atoms with van der Waals surface area (Å²) in [4.78, 5) is 25.0. The molecule has 2 aromatic heterocycles. The number of benzene rings is 3. The normalized spacial score (nSPS) is 11.7. The number of aromatic nitrogens is 4. The van der Waals surface area contributed by atoms with E-state index in [2.05, 4.69) is 4.98 Å². The lowest BCUT2D eigenvalue weighted by atomic mass is 10.1. The summed E-state index contributed by atoms with van der Waals surface area (Å²) in [7, 11) is 3.60. The number of hydrogen-bond acceptors (Lipinski definition) is 4. The average Bonchev–Trinajstić information content (AvgIpc) is 3.25. The molecule has 0 saturated carbocycles. The predicted molar refractivity (Wildman–Crippen MR) is 134 cm³/mol. The van der Waals surface area contributed by atoms with Crippen molar-refractivity contribution in [2.24, 2.45) is 0 Å². The predicted octanol–water partition coefficient (Wildman–Crippen LogP) is 5.98. The molecule has 0 amide bonds. The van der Waals surface area contributed by atoms with Gasteiger partial charge in [0.05, 0.1) is 16.9 Å². The molecule has 0 atom stereocenters. The fourth-order valence-corrected chi connectivity index (χ4v) is 4.07. The van der Waals surface area contributed by atoms with Crippen molar-refractivity contribution in [1.29, 1.82) is 0 Å². The van der Waals surface area contributed by atoms with Crippen LogP contribution in [0, 0.1) is 0 Å². The lowest BCUT2D eigenvalue weighted by Gasteiger charge is -2.16. The first-order valence-corrected chi connectivity index (χ1v) is 11.2. The van der Waals surface area contributed by atoms with Crippen molar-refractivity contribution >= 4 is 28.7 Å². The average molecular weight is 510 g/mol. The number of hydrogen-bond donors (Lipinski definition) is 0. The Balaban J connectivity index is 1.87. The zero-order valence-electron chi connectivity index (χ0n) is 19.2. The second-order valence-electron chi connectivity index (χ2n) is 8.28. The Morgan fingerprint density at radius 2 is 1.42 bits per heavy atom. The van der Waals surface area contributed by atoms with Crippen molar-refractivity contribution in [3.05, 3.63) is 99.8 Å². The van der Waals surface area contributed by atoms with Crippen LogP contribution in [-0.2, 0) is 6.18 Å². The van der Waals surface area contributed by atoms with Gasteiger partial charge in [-0.1, -0.05) is 41.9 Å². The van der Waals surface area contributed by atoms with Crippen LogP contribution in [0.2, 0.25) is 5.02 Å². The summed E-state index contributed by atoms with van der Waals surface area (Å²) in [6.07, 6.45) is -4.49. The third-order valence-electron chi connectivity index (χ3n) is 5.63. The third kappa shape index (κ3) is 4.11. The maximum atomic E-state index is 13.9. The van der Waals surface area contributed by atoms with Gasteiger partial charge in [-0.3, -0.25) is 13.9 Å². The van der Waals surface area contributed by atoms with Crippen molar-refractivity contribution in [3.8, 4) is 22.8 Å². The molecule has 10 heteroatoms. The summed E-state index contributed by atoms with van der Waals surface area (Å²) in [5.74, 6) is 0.652. The molecule has 0 aliphatic heterocycles. The molecular weight excluding hydrogens is 491 g/mol. The highest BCUT2D eigenvalue weighted by molar-refractivity contribution is 6.30. The molecule has 0 N–H and O–H groups in total. The van der Waals surface area contributed by atoms with Crippen LogP contribution in [-0.4, -0.2) is 33.2 Å². The van der Waals surface area contributed by atoms with Crippen molar-refractivity contribution < 1.29 is 13.2 Å². The second kappa shape index (κ2) is 8.83. The number of imidazole rings is 1. The molecule has 2 heterocycles. The fourth-order valence-electron chi connectivity index (χ4n) is 3.95. The first-order valence-electron chi connectivity index (χ1n) is 10.9. The highest BCUT2D eigenvalue weighted by Crippen LogP contribution is 2.32. The van der Waals surface area contributed by atoms with Crippen LogP contribution in [0.3, 0.4) is 0 Å². The topological polar surface area (TPSA) is 56.0 Å². The number of halogens is 4. The minimum absolute atomic E-state index is 0.119. The van der Waals surface area contributed by atoms with Crippen molar-refractivity contribution in [3.63, 3.8) is 0 Å². The van der Waals surface area contributed by atoms with E-state index in [0.29, 0.717) is 22.2 Å². The molecule has 0 bridgehead atoms. The summed E-state index contributed by atoms with van der Waals surface area (Å²) in [6.45, 7) is 0. The van der Waals surface area contributed by atoms with Crippen LogP contribution in [0.5, 0.6) is 0 Å². The van der Waals surface area contributed by atoms with E-state index in [1.807, 2.05) is 30.3 Å². The summed E-state index contributed by atoms with van der Waals surface area (Å²) in [5, 5.41) is 0.472. The molecule has 0 aliphatic rings. The lowest BCUT2D eigenvalue weighted by molar-refractivity contribution is -0.137. The molecule has 0 saturated heterocycles. The van der Waals surface area contributed by atoms with Gasteiger partial charge in [0.25, 0.3) is 5.56 Å². The number of rotatable bonds is 4. The van der Waals surface area contributed by atoms with Gasteiger partial charge in [-0.25, -0.2) is 9.97 Å². The number of para-hydroxylation sites is 1. The Morgan fingerprint density at radius 3 is 2.00 bits per heavy atom. The maximum absolute atomic E-state index is 13.9. The van der Waals surface area contributed by atoms with Crippen molar-refractivity contribution in [2.75, 3.05) is 19.0 Å². The van der Waals surface area contributed by atoms with E-state index in [4.69, 9.17) is 16.6 Å². The Morgan fingerprint density at radius 1 is 0.806 bits per heavy atom. The van der Waals surface area contributed by atoms with Crippen LogP contribution in [0.4, 0.5) is 19.1 Å². The van der Waals surface area contributed by atoms with E-state index >= 15 is 0 Å². The van der Waals surface area contributed by atoms with Gasteiger partial charge in [0.2, 0.25) is 5.95 Å². The van der Waals surface area contributed by atoms with E-state index < -0.39 is 17.3 Å². The van der Waals surface area contributed by atoms with Gasteiger partial charge < -0.3 is 4.90 Å². The number of nitrogens with zero attached hydrogens (tertiary/aromatic N) is 5. The molecule has 6 nitrogen and oxygen atoms in total. The monoisotopic (exact) mass is 509 g/mol. The molecule has 3 aromatic carbocycles. The first-order chi connectivity index (χ1) is 17.1. The van der Waals surface area contributed by atoms with Gasteiger partial charge in [-0.2, -0.15) is 13.2 Å². The zero-order chi connectivity index (χ0) is 25.6. The van der Waals surface area contributed by atoms with Crippen molar-refractivity contribution in [2.45, 2.75) is 6.18 Å². The molecule has 0 spiro atoms. The second-order valence-corrected chi connectivity index (χ2v) is 8.71. The minimum atomic E-state index is -4.49. The van der Waals surface area contributed by atoms with Gasteiger partial charge in [0.1, 0.15) is 5.82 Å². The van der Waals surface area contributed by atoms with Crippen LogP contribution in [0.25, 0.3) is 33.9 Å². The molecule has 0 unspecified atom stereocenters. The summed E-state index contributed by atoms with van der Waals surface area (Å²) in [6, 6.07) is 20.4. The van der Waals surface area contributed by atoms with Crippen LogP contribution in [0.1, 0.15) is 5.56 Å². The molecule has 0 aliphatic carbocycles.